The van der Waals surface area contributed by atoms with Crippen molar-refractivity contribution in [1.82, 2.24) is 30.4 Å². The zero-order valence-electron chi connectivity index (χ0n) is 16.4. The van der Waals surface area contributed by atoms with E-state index >= 15 is 0 Å². The molecule has 1 atom stereocenters. The molecular formula is C20H19N7O3. The van der Waals surface area contributed by atoms with Gasteiger partial charge in [0.15, 0.2) is 5.82 Å². The third-order valence-corrected chi connectivity index (χ3v) is 4.93. The lowest BCUT2D eigenvalue weighted by Crippen LogP contribution is -2.42. The fraction of sp³-hybridized carbons (Fsp3) is 0.200. The summed E-state index contributed by atoms with van der Waals surface area (Å²) >= 11 is 0. The van der Waals surface area contributed by atoms with Gasteiger partial charge in [-0.2, -0.15) is 4.68 Å². The predicted molar refractivity (Wildman–Crippen MR) is 107 cm³/mol. The summed E-state index contributed by atoms with van der Waals surface area (Å²) in [6, 6.07) is 15.2. The molecule has 0 bridgehead atoms. The number of carbonyl (C=O) groups excluding carboxylic acids is 3. The molecule has 1 aliphatic heterocycles. The number of nitrogens with one attached hydrogen (secondary N) is 2. The van der Waals surface area contributed by atoms with Crippen LogP contribution in [0.25, 0.3) is 5.69 Å². The van der Waals surface area contributed by atoms with Crippen LogP contribution in [0.1, 0.15) is 18.3 Å². The van der Waals surface area contributed by atoms with Crippen LogP contribution in [-0.2, 0) is 15.1 Å². The largest absolute Gasteiger partial charge is 0.325 e. The smallest absolute Gasteiger partial charge is 0.324 e. The van der Waals surface area contributed by atoms with Crippen molar-refractivity contribution < 1.29 is 14.4 Å². The predicted octanol–water partition coefficient (Wildman–Crippen LogP) is 1.38. The summed E-state index contributed by atoms with van der Waals surface area (Å²) in [7, 11) is 0. The zero-order valence-corrected chi connectivity index (χ0v) is 16.4. The van der Waals surface area contributed by atoms with Gasteiger partial charge in [-0.1, -0.05) is 36.4 Å². The molecule has 0 aliphatic carbocycles. The summed E-state index contributed by atoms with van der Waals surface area (Å²) < 4.78 is 1.53. The Morgan fingerprint density at radius 2 is 1.90 bits per heavy atom. The van der Waals surface area contributed by atoms with E-state index in [2.05, 4.69) is 26.2 Å². The molecule has 2 heterocycles. The van der Waals surface area contributed by atoms with Crippen molar-refractivity contribution in [2.45, 2.75) is 19.4 Å². The molecule has 30 heavy (non-hydrogen) atoms. The van der Waals surface area contributed by atoms with E-state index in [0.717, 1.165) is 4.90 Å². The molecule has 1 saturated heterocycles. The minimum absolute atomic E-state index is 0.402. The SMILES string of the molecule is Cc1nnnn1-c1cccc(NC(=O)CN2C(=O)NC(C)(c3ccccc3)C2=O)c1. The Kier molecular flexibility index (Phi) is 4.74. The first kappa shape index (κ1) is 19.2. The maximum atomic E-state index is 12.9. The molecule has 152 valence electrons. The van der Waals surface area contributed by atoms with Crippen LogP contribution in [-0.4, -0.2) is 49.5 Å². The fourth-order valence-corrected chi connectivity index (χ4v) is 3.34. The highest BCUT2D eigenvalue weighted by Crippen LogP contribution is 2.28. The number of carbonyl (C=O) groups is 3. The molecule has 10 nitrogen and oxygen atoms in total. The van der Waals surface area contributed by atoms with E-state index in [9.17, 15) is 14.4 Å². The number of tetrazole rings is 1. The van der Waals surface area contributed by atoms with Crippen molar-refractivity contribution in [3.63, 3.8) is 0 Å². The van der Waals surface area contributed by atoms with E-state index in [0.29, 0.717) is 22.8 Å². The van der Waals surface area contributed by atoms with Gasteiger partial charge < -0.3 is 10.6 Å². The molecule has 2 aromatic carbocycles. The minimum atomic E-state index is -1.21. The Labute approximate surface area is 171 Å². The van der Waals surface area contributed by atoms with E-state index in [1.54, 1.807) is 62.4 Å². The minimum Gasteiger partial charge on any atom is -0.324 e. The highest BCUT2D eigenvalue weighted by Gasteiger charge is 2.49. The van der Waals surface area contributed by atoms with E-state index < -0.39 is 29.9 Å². The van der Waals surface area contributed by atoms with Gasteiger partial charge in [-0.25, -0.2) is 4.79 Å². The normalized spacial score (nSPS) is 18.4. The average Bonchev–Trinajstić information content (AvgIpc) is 3.26. The van der Waals surface area contributed by atoms with Crippen molar-refractivity contribution in [1.29, 1.82) is 0 Å². The molecule has 2 N–H and O–H groups in total. The van der Waals surface area contributed by atoms with Crippen LogP contribution in [0.5, 0.6) is 0 Å². The summed E-state index contributed by atoms with van der Waals surface area (Å²) in [6.07, 6.45) is 0. The summed E-state index contributed by atoms with van der Waals surface area (Å²) in [5, 5.41) is 16.7. The number of amides is 4. The maximum Gasteiger partial charge on any atom is 0.325 e. The Morgan fingerprint density at radius 3 is 2.60 bits per heavy atom. The molecule has 3 aromatic rings. The number of urea groups is 1. The van der Waals surface area contributed by atoms with Gasteiger partial charge in [-0.15, -0.1) is 5.10 Å². The second-order valence-corrected chi connectivity index (χ2v) is 7.05. The number of hydrogen-bond donors (Lipinski definition) is 2. The number of hydrogen-bond acceptors (Lipinski definition) is 6. The van der Waals surface area contributed by atoms with Gasteiger partial charge in [-0.05, 0) is 48.0 Å². The van der Waals surface area contributed by atoms with Gasteiger partial charge in [0, 0.05) is 5.69 Å². The lowest BCUT2D eigenvalue weighted by molar-refractivity contribution is -0.133. The lowest BCUT2D eigenvalue weighted by Gasteiger charge is -2.22. The van der Waals surface area contributed by atoms with Gasteiger partial charge in [0.25, 0.3) is 5.91 Å². The quantitative estimate of drug-likeness (QED) is 0.619. The molecule has 1 fully saturated rings. The van der Waals surface area contributed by atoms with E-state index in [1.165, 1.54) is 4.68 Å². The first-order valence-electron chi connectivity index (χ1n) is 9.23. The summed E-state index contributed by atoms with van der Waals surface area (Å²) in [5.74, 6) is -0.383. The van der Waals surface area contributed by atoms with Crippen LogP contribution in [0.4, 0.5) is 10.5 Å². The number of imide groups is 1. The third-order valence-electron chi connectivity index (χ3n) is 4.93. The van der Waals surface area contributed by atoms with Crippen molar-refractivity contribution in [2.24, 2.45) is 0 Å². The number of aromatic nitrogens is 4. The second kappa shape index (κ2) is 7.39. The summed E-state index contributed by atoms with van der Waals surface area (Å²) in [4.78, 5) is 38.8. The standard InChI is InChI=1S/C20H19N7O3/c1-13-23-24-25-27(13)16-10-6-9-15(11-16)21-17(28)12-26-18(29)20(2,22-19(26)30)14-7-4-3-5-8-14/h3-11H,12H2,1-2H3,(H,21,28)(H,22,30). The second-order valence-electron chi connectivity index (χ2n) is 7.05. The fourth-order valence-electron chi connectivity index (χ4n) is 3.34. The average molecular weight is 405 g/mol. The van der Waals surface area contributed by atoms with Crippen LogP contribution in [0.15, 0.2) is 54.6 Å². The zero-order chi connectivity index (χ0) is 21.3. The van der Waals surface area contributed by atoms with E-state index in [-0.39, 0.29) is 0 Å². The van der Waals surface area contributed by atoms with Gasteiger partial charge in [0.05, 0.1) is 5.69 Å². The summed E-state index contributed by atoms with van der Waals surface area (Å²) in [5.41, 5.74) is 0.596. The number of nitrogens with zero attached hydrogens (tertiary/aromatic N) is 5. The number of benzene rings is 2. The van der Waals surface area contributed by atoms with Crippen molar-refractivity contribution >= 4 is 23.5 Å². The first-order chi connectivity index (χ1) is 14.4. The van der Waals surface area contributed by atoms with Crippen molar-refractivity contribution in [3.05, 3.63) is 66.0 Å². The van der Waals surface area contributed by atoms with E-state index in [1.807, 2.05) is 6.07 Å². The Morgan fingerprint density at radius 1 is 1.13 bits per heavy atom. The van der Waals surface area contributed by atoms with Crippen LogP contribution < -0.4 is 10.6 Å². The molecule has 1 aromatic heterocycles. The molecule has 1 unspecified atom stereocenters. The van der Waals surface area contributed by atoms with Gasteiger partial charge >= 0.3 is 6.03 Å². The van der Waals surface area contributed by atoms with Gasteiger partial charge in [-0.3, -0.25) is 14.5 Å². The molecule has 0 spiro atoms. The van der Waals surface area contributed by atoms with Crippen LogP contribution in [0.3, 0.4) is 0 Å². The third kappa shape index (κ3) is 3.39. The molecule has 0 radical (unpaired) electrons. The monoisotopic (exact) mass is 405 g/mol. The van der Waals surface area contributed by atoms with Crippen LogP contribution >= 0.6 is 0 Å². The number of rotatable bonds is 5. The molecular weight excluding hydrogens is 386 g/mol. The molecule has 4 amide bonds. The molecule has 0 saturated carbocycles. The van der Waals surface area contributed by atoms with E-state index in [4.69, 9.17) is 0 Å². The molecule has 4 rings (SSSR count). The molecule has 10 heteroatoms. The lowest BCUT2D eigenvalue weighted by atomic mass is 9.92. The Hall–Kier alpha value is -4.08. The topological polar surface area (TPSA) is 122 Å². The van der Waals surface area contributed by atoms with Crippen molar-refractivity contribution in [2.75, 3.05) is 11.9 Å². The van der Waals surface area contributed by atoms with Crippen LogP contribution in [0, 0.1) is 6.92 Å². The van der Waals surface area contributed by atoms with Gasteiger partial charge in [0.1, 0.15) is 12.1 Å². The Bertz CT molecular complexity index is 1130. The van der Waals surface area contributed by atoms with Crippen LogP contribution in [0.2, 0.25) is 0 Å². The number of anilines is 1. The highest BCUT2D eigenvalue weighted by atomic mass is 16.2. The molecule has 1 aliphatic rings. The van der Waals surface area contributed by atoms with Gasteiger partial charge in [0.2, 0.25) is 5.91 Å². The number of aryl methyl sites for hydroxylation is 1. The Balaban J connectivity index is 1.48. The van der Waals surface area contributed by atoms with Crippen molar-refractivity contribution in [3.8, 4) is 5.69 Å². The summed E-state index contributed by atoms with van der Waals surface area (Å²) in [6.45, 7) is 2.98. The maximum absolute atomic E-state index is 12.9. The first-order valence-corrected chi connectivity index (χ1v) is 9.23. The highest BCUT2D eigenvalue weighted by molar-refractivity contribution is 6.10.